The number of hydrogen-bond donors (Lipinski definition) is 2. The summed E-state index contributed by atoms with van der Waals surface area (Å²) in [6, 6.07) is 10.2. The molecule has 10 nitrogen and oxygen atoms in total. The first kappa shape index (κ1) is 23.0. The fourth-order valence-corrected chi connectivity index (χ4v) is 5.41. The Balaban J connectivity index is 1.48. The number of nitrogens with one attached hydrogen (secondary N) is 1. The van der Waals surface area contributed by atoms with Gasteiger partial charge in [-0.3, -0.25) is 4.90 Å². The van der Waals surface area contributed by atoms with Gasteiger partial charge in [0.1, 0.15) is 28.9 Å². The summed E-state index contributed by atoms with van der Waals surface area (Å²) in [4.78, 5) is 25.6. The lowest BCUT2D eigenvalue weighted by atomic mass is 10.2. The molecule has 2 saturated heterocycles. The van der Waals surface area contributed by atoms with Crippen molar-refractivity contribution in [2.45, 2.75) is 6.54 Å². The standard InChI is InChI=1S/C23H30N8O2S/c32-13-10-29-6-8-31(9-7-29)23-27-19-20(22(28-23)30-11-14-34(33)15-12-30)25-17-26-21(19)24-16-18-4-2-1-3-5-18/h1-5,17,32H,6-16H2,(H,24,25,26). The first-order valence-electron chi connectivity index (χ1n) is 11.7. The normalized spacial score (nSPS) is 17.9. The molecule has 2 aliphatic heterocycles. The fraction of sp³-hybridized carbons (Fsp3) is 0.478. The Labute approximate surface area is 202 Å². The van der Waals surface area contributed by atoms with Gasteiger partial charge in [-0.2, -0.15) is 4.98 Å². The van der Waals surface area contributed by atoms with Crippen LogP contribution < -0.4 is 15.1 Å². The number of β-amino-alcohol motifs (C(OH)–C–C–N with tert-alkyl or cyclic N) is 1. The first-order valence-corrected chi connectivity index (χ1v) is 13.2. The van der Waals surface area contributed by atoms with Gasteiger partial charge in [-0.15, -0.1) is 0 Å². The maximum absolute atomic E-state index is 12.0. The Morgan fingerprint density at radius 3 is 2.41 bits per heavy atom. The van der Waals surface area contributed by atoms with Crippen molar-refractivity contribution in [3.63, 3.8) is 0 Å². The van der Waals surface area contributed by atoms with E-state index in [1.165, 1.54) is 0 Å². The van der Waals surface area contributed by atoms with Crippen LogP contribution in [0, 0.1) is 0 Å². The van der Waals surface area contributed by atoms with Crippen molar-refractivity contribution in [3.05, 3.63) is 42.2 Å². The van der Waals surface area contributed by atoms with E-state index in [4.69, 9.17) is 9.97 Å². The number of nitrogens with zero attached hydrogens (tertiary/aromatic N) is 7. The quantitative estimate of drug-likeness (QED) is 0.467. The Kier molecular flexibility index (Phi) is 7.24. The number of hydrogen-bond acceptors (Lipinski definition) is 10. The molecule has 2 fully saturated rings. The minimum atomic E-state index is -0.779. The van der Waals surface area contributed by atoms with Crippen molar-refractivity contribution in [1.29, 1.82) is 0 Å². The highest BCUT2D eigenvalue weighted by molar-refractivity contribution is 7.91. The second-order valence-electron chi connectivity index (χ2n) is 8.49. The average Bonchev–Trinajstić information content (AvgIpc) is 2.88. The highest BCUT2D eigenvalue weighted by Gasteiger charge is 2.27. The minimum absolute atomic E-state index is 0.167. The lowest BCUT2D eigenvalue weighted by molar-refractivity contribution is 0.188. The number of aliphatic hydroxyl groups is 1. The molecular weight excluding hydrogens is 452 g/mol. The highest BCUT2D eigenvalue weighted by atomic mass is 32.2. The number of aliphatic hydroxyl groups excluding tert-OH is 1. The lowest BCUT2D eigenvalue weighted by Crippen LogP contribution is -2.48. The molecule has 180 valence electrons. The third-order valence-electron chi connectivity index (χ3n) is 6.30. The smallest absolute Gasteiger partial charge is 0.228 e. The zero-order chi connectivity index (χ0) is 23.3. The molecule has 3 aromatic rings. The number of fused-ring (bicyclic) bond motifs is 1. The molecule has 0 aliphatic carbocycles. The van der Waals surface area contributed by atoms with Gasteiger partial charge in [-0.1, -0.05) is 41.5 Å². The van der Waals surface area contributed by atoms with E-state index in [0.29, 0.717) is 60.5 Å². The van der Waals surface area contributed by atoms with E-state index in [9.17, 15) is 9.66 Å². The molecule has 2 aliphatic rings. The lowest BCUT2D eigenvalue weighted by Gasteiger charge is -2.35. The van der Waals surface area contributed by atoms with Gasteiger partial charge in [0.25, 0.3) is 0 Å². The zero-order valence-electron chi connectivity index (χ0n) is 19.1. The minimum Gasteiger partial charge on any atom is -0.616 e. The molecule has 0 saturated carbocycles. The van der Waals surface area contributed by atoms with Gasteiger partial charge < -0.3 is 24.8 Å². The van der Waals surface area contributed by atoms with E-state index in [-0.39, 0.29) is 6.61 Å². The largest absolute Gasteiger partial charge is 0.616 e. The zero-order valence-corrected chi connectivity index (χ0v) is 20.0. The second-order valence-corrected chi connectivity index (χ2v) is 10.2. The summed E-state index contributed by atoms with van der Waals surface area (Å²) in [5.41, 5.74) is 2.56. The molecule has 0 amide bonds. The molecule has 11 heteroatoms. The van der Waals surface area contributed by atoms with Crippen molar-refractivity contribution in [2.75, 3.05) is 79.0 Å². The number of aromatic nitrogens is 4. The van der Waals surface area contributed by atoms with E-state index in [2.05, 4.69) is 42.1 Å². The molecule has 0 radical (unpaired) electrons. The van der Waals surface area contributed by atoms with Gasteiger partial charge in [0, 0.05) is 39.3 Å². The van der Waals surface area contributed by atoms with Crippen molar-refractivity contribution in [3.8, 4) is 0 Å². The predicted octanol–water partition coefficient (Wildman–Crippen LogP) is 0.715. The maximum atomic E-state index is 12.0. The molecule has 1 aromatic carbocycles. The van der Waals surface area contributed by atoms with E-state index < -0.39 is 11.2 Å². The summed E-state index contributed by atoms with van der Waals surface area (Å²) < 4.78 is 12.0. The SMILES string of the molecule is [O-][S+]1CCN(c2nc(N3CCN(CCO)CC3)nc3c(NCc4ccccc4)ncnc23)CC1. The molecule has 0 spiro atoms. The van der Waals surface area contributed by atoms with Crippen molar-refractivity contribution in [1.82, 2.24) is 24.8 Å². The summed E-state index contributed by atoms with van der Waals surface area (Å²) in [5.74, 6) is 3.38. The van der Waals surface area contributed by atoms with Crippen LogP contribution in [0.25, 0.3) is 11.0 Å². The van der Waals surface area contributed by atoms with E-state index in [0.717, 1.165) is 37.6 Å². The first-order chi connectivity index (χ1) is 16.7. The molecule has 2 N–H and O–H groups in total. The van der Waals surface area contributed by atoms with Gasteiger partial charge in [0.05, 0.1) is 19.7 Å². The molecule has 5 rings (SSSR count). The van der Waals surface area contributed by atoms with Crippen LogP contribution in [0.5, 0.6) is 0 Å². The molecule has 34 heavy (non-hydrogen) atoms. The van der Waals surface area contributed by atoms with Crippen LogP contribution in [-0.4, -0.2) is 98.4 Å². The topological polar surface area (TPSA) is 117 Å². The van der Waals surface area contributed by atoms with Crippen LogP contribution in [0.1, 0.15) is 5.56 Å². The summed E-state index contributed by atoms with van der Waals surface area (Å²) in [5, 5.41) is 12.7. The van der Waals surface area contributed by atoms with Gasteiger partial charge in [-0.25, -0.2) is 15.0 Å². The summed E-state index contributed by atoms with van der Waals surface area (Å²) in [6.45, 7) is 6.12. The molecule has 4 heterocycles. The summed E-state index contributed by atoms with van der Waals surface area (Å²) >= 11 is -0.779. The van der Waals surface area contributed by atoms with Crippen molar-refractivity contribution >= 4 is 39.8 Å². The third-order valence-corrected chi connectivity index (χ3v) is 7.58. The van der Waals surface area contributed by atoms with Crippen LogP contribution in [0.2, 0.25) is 0 Å². The number of anilines is 3. The van der Waals surface area contributed by atoms with Crippen LogP contribution in [-0.2, 0) is 17.7 Å². The molecule has 0 atom stereocenters. The fourth-order valence-electron chi connectivity index (χ4n) is 4.36. The predicted molar refractivity (Wildman–Crippen MR) is 135 cm³/mol. The van der Waals surface area contributed by atoms with Gasteiger partial charge in [-0.05, 0) is 5.56 Å². The summed E-state index contributed by atoms with van der Waals surface area (Å²) in [7, 11) is 0. The van der Waals surface area contributed by atoms with Gasteiger partial charge >= 0.3 is 0 Å². The monoisotopic (exact) mass is 482 g/mol. The van der Waals surface area contributed by atoms with Crippen molar-refractivity contribution in [2.24, 2.45) is 0 Å². The Hall–Kier alpha value is -2.73. The van der Waals surface area contributed by atoms with Gasteiger partial charge in [0.2, 0.25) is 5.95 Å². The number of piperazine rings is 1. The van der Waals surface area contributed by atoms with Crippen LogP contribution in [0.15, 0.2) is 36.7 Å². The highest BCUT2D eigenvalue weighted by Crippen LogP contribution is 2.30. The third kappa shape index (κ3) is 5.17. The van der Waals surface area contributed by atoms with E-state index >= 15 is 0 Å². The maximum Gasteiger partial charge on any atom is 0.228 e. The van der Waals surface area contributed by atoms with E-state index in [1.54, 1.807) is 6.33 Å². The number of rotatable bonds is 7. The van der Waals surface area contributed by atoms with Crippen LogP contribution in [0.3, 0.4) is 0 Å². The summed E-state index contributed by atoms with van der Waals surface area (Å²) in [6.07, 6.45) is 1.55. The Bertz CT molecular complexity index is 1090. The molecule has 2 aromatic heterocycles. The van der Waals surface area contributed by atoms with Crippen LogP contribution in [0.4, 0.5) is 17.6 Å². The second kappa shape index (κ2) is 10.7. The Morgan fingerprint density at radius 2 is 1.68 bits per heavy atom. The molecular formula is C23H30N8O2S. The van der Waals surface area contributed by atoms with Gasteiger partial charge in [0.15, 0.2) is 11.6 Å². The van der Waals surface area contributed by atoms with Crippen LogP contribution >= 0.6 is 0 Å². The Morgan fingerprint density at radius 1 is 0.912 bits per heavy atom. The van der Waals surface area contributed by atoms with Crippen molar-refractivity contribution < 1.29 is 9.66 Å². The average molecular weight is 483 g/mol. The number of benzene rings is 1. The molecule has 0 unspecified atom stereocenters. The molecule has 0 bridgehead atoms. The van der Waals surface area contributed by atoms with E-state index in [1.807, 2.05) is 18.2 Å².